The molecule has 0 atom stereocenters. The van der Waals surface area contributed by atoms with Crippen LogP contribution in [0.5, 0.6) is 5.75 Å². The molecule has 1 N–H and O–H groups in total. The lowest BCUT2D eigenvalue weighted by molar-refractivity contribution is -0.242. The van der Waals surface area contributed by atoms with Gasteiger partial charge in [0.1, 0.15) is 18.7 Å². The van der Waals surface area contributed by atoms with Gasteiger partial charge in [-0.05, 0) is 44.0 Å². The van der Waals surface area contributed by atoms with Crippen LogP contribution in [0.4, 0.5) is 17.6 Å². The molecule has 0 spiro atoms. The highest BCUT2D eigenvalue weighted by Crippen LogP contribution is 2.34. The highest BCUT2D eigenvalue weighted by atomic mass is 19.4. The molecule has 0 unspecified atom stereocenters. The molecule has 6 nitrogen and oxygen atoms in total. The number of hydroxylamine groups is 2. The Labute approximate surface area is 152 Å². The first-order chi connectivity index (χ1) is 12.5. The third kappa shape index (κ3) is 4.50. The number of alkyl halides is 3. The van der Waals surface area contributed by atoms with E-state index in [0.29, 0.717) is 22.7 Å². The maximum Gasteiger partial charge on any atom is 0.493 e. The van der Waals surface area contributed by atoms with Crippen molar-refractivity contribution >= 4 is 11.9 Å². The predicted molar refractivity (Wildman–Crippen MR) is 86.3 cm³/mol. The molecule has 1 aromatic carbocycles. The van der Waals surface area contributed by atoms with Gasteiger partial charge in [0.2, 0.25) is 0 Å². The number of amides is 1. The normalized spacial score (nSPS) is 16.6. The smallest absolute Gasteiger partial charge is 0.487 e. The molecule has 10 heteroatoms. The van der Waals surface area contributed by atoms with Crippen LogP contribution >= 0.6 is 0 Å². The summed E-state index contributed by atoms with van der Waals surface area (Å²) in [6.45, 7) is 2.87. The van der Waals surface area contributed by atoms with E-state index in [4.69, 9.17) is 4.74 Å². The largest absolute Gasteiger partial charge is 0.493 e. The Bertz CT molecular complexity index is 775. The van der Waals surface area contributed by atoms with Crippen LogP contribution in [0.1, 0.15) is 29.8 Å². The van der Waals surface area contributed by atoms with Crippen LogP contribution in [-0.2, 0) is 16.1 Å². The van der Waals surface area contributed by atoms with Crippen molar-refractivity contribution in [3.63, 3.8) is 0 Å². The molecule has 1 aliphatic rings. The minimum absolute atomic E-state index is 0.0710. The quantitative estimate of drug-likeness (QED) is 0.784. The summed E-state index contributed by atoms with van der Waals surface area (Å²) in [6, 6.07) is 4.32. The van der Waals surface area contributed by atoms with E-state index in [9.17, 15) is 27.2 Å². The number of halogens is 4. The lowest BCUT2D eigenvalue weighted by Gasteiger charge is -2.40. The van der Waals surface area contributed by atoms with Crippen molar-refractivity contribution in [1.29, 1.82) is 0 Å². The summed E-state index contributed by atoms with van der Waals surface area (Å²) < 4.78 is 55.4. The van der Waals surface area contributed by atoms with Crippen molar-refractivity contribution in [2.45, 2.75) is 32.0 Å². The fourth-order valence-corrected chi connectivity index (χ4v) is 2.56. The first-order valence-corrected chi connectivity index (χ1v) is 7.86. The summed E-state index contributed by atoms with van der Waals surface area (Å²) in [5.41, 5.74) is -0.406. The van der Waals surface area contributed by atoms with E-state index in [0.717, 1.165) is 0 Å². The second-order valence-electron chi connectivity index (χ2n) is 6.46. The Hall–Kier alpha value is -2.78. The molecule has 2 rings (SSSR count). The number of nitrogens with one attached hydrogen (secondary N) is 1. The van der Waals surface area contributed by atoms with Gasteiger partial charge in [-0.25, -0.2) is 9.18 Å². The number of ether oxygens (including phenoxy) is 1. The maximum absolute atomic E-state index is 12.5. The van der Waals surface area contributed by atoms with E-state index < -0.39 is 23.6 Å². The summed E-state index contributed by atoms with van der Waals surface area (Å²) in [7, 11) is 1.53. The SMILES string of the molecule is CN/C(=C\F)COc1ccc2c(c1)CC(C)(C)N(OC(=O)C(F)(F)F)C2=O. The zero-order valence-corrected chi connectivity index (χ0v) is 14.8. The molecule has 0 aliphatic carbocycles. The fraction of sp³-hybridized carbons (Fsp3) is 0.412. The van der Waals surface area contributed by atoms with Gasteiger partial charge in [0.05, 0.1) is 11.2 Å². The number of hydrogen-bond acceptors (Lipinski definition) is 5. The van der Waals surface area contributed by atoms with Crippen molar-refractivity contribution < 1.29 is 36.7 Å². The Morgan fingerprint density at radius 1 is 1.37 bits per heavy atom. The molecule has 1 amide bonds. The highest BCUT2D eigenvalue weighted by molar-refractivity contribution is 5.97. The van der Waals surface area contributed by atoms with Gasteiger partial charge in [-0.1, -0.05) is 0 Å². The lowest BCUT2D eigenvalue weighted by atomic mass is 9.86. The zero-order chi connectivity index (χ0) is 20.4. The molecule has 0 fully saturated rings. The van der Waals surface area contributed by atoms with Gasteiger partial charge in [0.25, 0.3) is 5.91 Å². The van der Waals surface area contributed by atoms with Crippen LogP contribution in [0.3, 0.4) is 0 Å². The van der Waals surface area contributed by atoms with E-state index in [2.05, 4.69) is 10.2 Å². The molecule has 0 saturated heterocycles. The lowest BCUT2D eigenvalue weighted by Crippen LogP contribution is -2.54. The molecule has 27 heavy (non-hydrogen) atoms. The molecule has 148 valence electrons. The maximum atomic E-state index is 12.5. The van der Waals surface area contributed by atoms with Gasteiger partial charge < -0.3 is 14.9 Å². The number of hydrogen-bond donors (Lipinski definition) is 1. The van der Waals surface area contributed by atoms with Crippen LogP contribution < -0.4 is 10.1 Å². The number of likely N-dealkylation sites (N-methyl/N-ethyl adjacent to an activating group) is 1. The van der Waals surface area contributed by atoms with E-state index >= 15 is 0 Å². The van der Waals surface area contributed by atoms with Crippen LogP contribution in [0, 0.1) is 0 Å². The van der Waals surface area contributed by atoms with Crippen molar-refractivity contribution in [2.75, 3.05) is 13.7 Å². The van der Waals surface area contributed by atoms with Crippen LogP contribution in [-0.4, -0.2) is 42.3 Å². The van der Waals surface area contributed by atoms with Crippen LogP contribution in [0.25, 0.3) is 0 Å². The number of rotatable bonds is 5. The molecular formula is C17H18F4N2O4. The molecule has 0 saturated carbocycles. The minimum atomic E-state index is -5.22. The molecule has 0 bridgehead atoms. The van der Waals surface area contributed by atoms with E-state index in [1.807, 2.05) is 0 Å². The summed E-state index contributed by atoms with van der Waals surface area (Å²) in [5.74, 6) is -2.98. The first-order valence-electron chi connectivity index (χ1n) is 7.86. The summed E-state index contributed by atoms with van der Waals surface area (Å²) >= 11 is 0. The molecule has 0 radical (unpaired) electrons. The van der Waals surface area contributed by atoms with Gasteiger partial charge in [-0.15, -0.1) is 0 Å². The molecule has 1 aliphatic heterocycles. The summed E-state index contributed by atoms with van der Waals surface area (Å²) in [5, 5.41) is 3.04. The first kappa shape index (κ1) is 20.5. The van der Waals surface area contributed by atoms with Crippen molar-refractivity contribution in [1.82, 2.24) is 10.4 Å². The van der Waals surface area contributed by atoms with Gasteiger partial charge in [-0.2, -0.15) is 18.2 Å². The monoisotopic (exact) mass is 390 g/mol. The minimum Gasteiger partial charge on any atom is -0.487 e. The highest BCUT2D eigenvalue weighted by Gasteiger charge is 2.48. The number of carbonyl (C=O) groups is 2. The Morgan fingerprint density at radius 2 is 2.04 bits per heavy atom. The van der Waals surface area contributed by atoms with Gasteiger partial charge in [-0.3, -0.25) is 4.79 Å². The summed E-state index contributed by atoms with van der Waals surface area (Å²) in [4.78, 5) is 28.0. The zero-order valence-electron chi connectivity index (χ0n) is 14.8. The molecular weight excluding hydrogens is 372 g/mol. The summed E-state index contributed by atoms with van der Waals surface area (Å²) in [6.07, 6.45) is -4.74. The number of fused-ring (bicyclic) bond motifs is 1. The Kier molecular flexibility index (Phi) is 5.67. The molecule has 1 aromatic rings. The predicted octanol–water partition coefficient (Wildman–Crippen LogP) is 2.89. The van der Waals surface area contributed by atoms with E-state index in [-0.39, 0.29) is 24.3 Å². The standard InChI is InChI=1S/C17H18F4N2O4/c1-16(2)7-10-6-12(26-9-11(8-18)22-3)4-5-13(10)14(24)23(16)27-15(25)17(19,20)21/h4-6,8,22H,7,9H2,1-3H3/b11-8-. The third-order valence-electron chi connectivity index (χ3n) is 3.92. The second kappa shape index (κ2) is 7.45. The Morgan fingerprint density at radius 3 is 2.59 bits per heavy atom. The van der Waals surface area contributed by atoms with Gasteiger partial charge in [0, 0.05) is 12.6 Å². The third-order valence-corrected chi connectivity index (χ3v) is 3.92. The number of carbonyl (C=O) groups excluding carboxylic acids is 2. The fourth-order valence-electron chi connectivity index (χ4n) is 2.56. The van der Waals surface area contributed by atoms with Crippen LogP contribution in [0.2, 0.25) is 0 Å². The van der Waals surface area contributed by atoms with E-state index in [1.54, 1.807) is 6.07 Å². The van der Waals surface area contributed by atoms with Crippen molar-refractivity contribution in [3.8, 4) is 5.75 Å². The Balaban J connectivity index is 2.25. The topological polar surface area (TPSA) is 67.9 Å². The molecule has 1 heterocycles. The van der Waals surface area contributed by atoms with Crippen molar-refractivity contribution in [2.24, 2.45) is 0 Å². The van der Waals surface area contributed by atoms with Gasteiger partial charge in [0.15, 0.2) is 0 Å². The second-order valence-corrected chi connectivity index (χ2v) is 6.46. The average Bonchev–Trinajstić information content (AvgIpc) is 2.57. The number of benzene rings is 1. The number of nitrogens with zero attached hydrogens (tertiary/aromatic N) is 1. The average molecular weight is 390 g/mol. The van der Waals surface area contributed by atoms with Gasteiger partial charge >= 0.3 is 12.1 Å². The molecule has 0 aromatic heterocycles. The van der Waals surface area contributed by atoms with E-state index in [1.165, 1.54) is 33.0 Å². The van der Waals surface area contributed by atoms with Crippen molar-refractivity contribution in [3.05, 3.63) is 41.4 Å². The van der Waals surface area contributed by atoms with Crippen LogP contribution in [0.15, 0.2) is 30.2 Å².